The number of carbonyl (C=O) groups is 3. The van der Waals surface area contributed by atoms with Gasteiger partial charge in [-0.3, -0.25) is 4.79 Å². The molecule has 164 valence electrons. The zero-order valence-corrected chi connectivity index (χ0v) is 17.4. The molecule has 1 heterocycles. The van der Waals surface area contributed by atoms with Gasteiger partial charge < -0.3 is 20.3 Å². The molecule has 0 spiro atoms. The SMILES string of the molecule is COC(=O)c1cccc(NC(=O)N2CCC(CC(=O)NCc3ccccc3F)CC2)c1. The summed E-state index contributed by atoms with van der Waals surface area (Å²) in [5.74, 6) is -0.748. The van der Waals surface area contributed by atoms with Crippen molar-refractivity contribution in [3.63, 3.8) is 0 Å². The van der Waals surface area contributed by atoms with E-state index in [0.717, 1.165) is 0 Å². The third kappa shape index (κ3) is 6.28. The van der Waals surface area contributed by atoms with E-state index in [9.17, 15) is 18.8 Å². The number of methoxy groups -OCH3 is 1. The Balaban J connectivity index is 1.43. The fraction of sp³-hybridized carbons (Fsp3) is 0.348. The maximum absolute atomic E-state index is 13.6. The molecule has 7 nitrogen and oxygen atoms in total. The number of rotatable bonds is 6. The van der Waals surface area contributed by atoms with Gasteiger partial charge in [0.2, 0.25) is 5.91 Å². The molecule has 0 aliphatic carbocycles. The van der Waals surface area contributed by atoms with Gasteiger partial charge in [0, 0.05) is 37.3 Å². The van der Waals surface area contributed by atoms with Crippen molar-refractivity contribution < 1.29 is 23.5 Å². The topological polar surface area (TPSA) is 87.7 Å². The molecule has 1 aliphatic rings. The van der Waals surface area contributed by atoms with Crippen LogP contribution in [0.5, 0.6) is 0 Å². The lowest BCUT2D eigenvalue weighted by Gasteiger charge is -2.31. The minimum atomic E-state index is -0.467. The third-order valence-corrected chi connectivity index (χ3v) is 5.34. The van der Waals surface area contributed by atoms with E-state index in [1.807, 2.05) is 0 Å². The Morgan fingerprint density at radius 3 is 2.55 bits per heavy atom. The number of anilines is 1. The van der Waals surface area contributed by atoms with Crippen LogP contribution in [0.15, 0.2) is 48.5 Å². The zero-order valence-electron chi connectivity index (χ0n) is 17.4. The van der Waals surface area contributed by atoms with E-state index in [4.69, 9.17) is 4.74 Å². The molecule has 3 rings (SSSR count). The number of benzene rings is 2. The van der Waals surface area contributed by atoms with E-state index in [1.165, 1.54) is 13.2 Å². The highest BCUT2D eigenvalue weighted by Gasteiger charge is 2.24. The van der Waals surface area contributed by atoms with E-state index in [-0.39, 0.29) is 30.2 Å². The van der Waals surface area contributed by atoms with Crippen molar-refractivity contribution in [3.05, 3.63) is 65.5 Å². The molecular weight excluding hydrogens is 401 g/mol. The summed E-state index contributed by atoms with van der Waals surface area (Å²) in [6.07, 6.45) is 1.77. The molecule has 0 unspecified atom stereocenters. The molecule has 31 heavy (non-hydrogen) atoms. The second-order valence-corrected chi connectivity index (χ2v) is 7.51. The average molecular weight is 427 g/mol. The lowest BCUT2D eigenvalue weighted by molar-refractivity contribution is -0.122. The van der Waals surface area contributed by atoms with Crippen molar-refractivity contribution in [1.29, 1.82) is 0 Å². The van der Waals surface area contributed by atoms with Gasteiger partial charge in [0.15, 0.2) is 0 Å². The Labute approximate surface area is 180 Å². The van der Waals surface area contributed by atoms with E-state index in [1.54, 1.807) is 47.4 Å². The van der Waals surface area contributed by atoms with Crippen LogP contribution in [0.3, 0.4) is 0 Å². The van der Waals surface area contributed by atoms with Crippen LogP contribution in [0.4, 0.5) is 14.9 Å². The van der Waals surface area contributed by atoms with E-state index in [0.29, 0.717) is 49.2 Å². The van der Waals surface area contributed by atoms with Gasteiger partial charge in [-0.2, -0.15) is 0 Å². The summed E-state index contributed by atoms with van der Waals surface area (Å²) in [6.45, 7) is 1.24. The van der Waals surface area contributed by atoms with Crippen LogP contribution in [0, 0.1) is 11.7 Å². The van der Waals surface area contributed by atoms with E-state index in [2.05, 4.69) is 10.6 Å². The first kappa shape index (κ1) is 22.3. The molecule has 1 saturated heterocycles. The minimum Gasteiger partial charge on any atom is -0.465 e. The standard InChI is InChI=1S/C23H26FN3O4/c1-31-22(29)17-6-4-7-19(14-17)26-23(30)27-11-9-16(10-12-27)13-21(28)25-15-18-5-2-3-8-20(18)24/h2-8,14,16H,9-13,15H2,1H3,(H,25,28)(H,26,30). The Bertz CT molecular complexity index is 942. The van der Waals surface area contributed by atoms with Crippen molar-refractivity contribution >= 4 is 23.6 Å². The third-order valence-electron chi connectivity index (χ3n) is 5.34. The minimum absolute atomic E-state index is 0.120. The van der Waals surface area contributed by atoms with Crippen molar-refractivity contribution in [2.75, 3.05) is 25.5 Å². The number of ether oxygens (including phenoxy) is 1. The van der Waals surface area contributed by atoms with Crippen LogP contribution in [0.2, 0.25) is 0 Å². The molecule has 2 aromatic carbocycles. The lowest BCUT2D eigenvalue weighted by atomic mass is 9.93. The van der Waals surface area contributed by atoms with E-state index >= 15 is 0 Å². The molecule has 1 aliphatic heterocycles. The van der Waals surface area contributed by atoms with Crippen LogP contribution >= 0.6 is 0 Å². The van der Waals surface area contributed by atoms with Crippen LogP contribution < -0.4 is 10.6 Å². The number of urea groups is 1. The molecule has 0 atom stereocenters. The Kier molecular flexibility index (Phi) is 7.59. The number of amides is 3. The predicted octanol–water partition coefficient (Wildman–Crippen LogP) is 3.56. The van der Waals surface area contributed by atoms with Gasteiger partial charge in [-0.15, -0.1) is 0 Å². The summed E-state index contributed by atoms with van der Waals surface area (Å²) in [4.78, 5) is 38.0. The number of halogens is 1. The number of hydrogen-bond donors (Lipinski definition) is 2. The average Bonchev–Trinajstić information content (AvgIpc) is 2.78. The summed E-state index contributed by atoms with van der Waals surface area (Å²) in [6, 6.07) is 12.7. The maximum atomic E-state index is 13.6. The molecule has 2 N–H and O–H groups in total. The summed E-state index contributed by atoms with van der Waals surface area (Å²) < 4.78 is 18.3. The summed E-state index contributed by atoms with van der Waals surface area (Å²) in [5.41, 5.74) is 1.33. The van der Waals surface area contributed by atoms with Crippen molar-refractivity contribution in [3.8, 4) is 0 Å². The summed E-state index contributed by atoms with van der Waals surface area (Å²) >= 11 is 0. The Hall–Kier alpha value is -3.42. The fourth-order valence-electron chi connectivity index (χ4n) is 3.55. The maximum Gasteiger partial charge on any atom is 0.337 e. The van der Waals surface area contributed by atoms with Crippen LogP contribution in [-0.4, -0.2) is 43.0 Å². The smallest absolute Gasteiger partial charge is 0.337 e. The molecular formula is C23H26FN3O4. The quantitative estimate of drug-likeness (QED) is 0.690. The molecule has 2 aromatic rings. The molecule has 3 amide bonds. The highest BCUT2D eigenvalue weighted by molar-refractivity contribution is 5.93. The summed E-state index contributed by atoms with van der Waals surface area (Å²) in [7, 11) is 1.30. The van der Waals surface area contributed by atoms with Crippen LogP contribution in [0.1, 0.15) is 35.2 Å². The second-order valence-electron chi connectivity index (χ2n) is 7.51. The van der Waals surface area contributed by atoms with Gasteiger partial charge in [0.05, 0.1) is 12.7 Å². The predicted molar refractivity (Wildman–Crippen MR) is 114 cm³/mol. The van der Waals surface area contributed by atoms with Gasteiger partial charge in [-0.1, -0.05) is 24.3 Å². The van der Waals surface area contributed by atoms with Crippen LogP contribution in [-0.2, 0) is 16.1 Å². The first-order valence-electron chi connectivity index (χ1n) is 10.2. The highest BCUT2D eigenvalue weighted by Crippen LogP contribution is 2.22. The number of piperidine rings is 1. The van der Waals surface area contributed by atoms with Gasteiger partial charge in [-0.05, 0) is 43.0 Å². The van der Waals surface area contributed by atoms with Gasteiger partial charge in [0.1, 0.15) is 5.82 Å². The molecule has 0 bridgehead atoms. The number of carbonyl (C=O) groups excluding carboxylic acids is 3. The largest absolute Gasteiger partial charge is 0.465 e. The zero-order chi connectivity index (χ0) is 22.2. The van der Waals surface area contributed by atoms with E-state index < -0.39 is 5.97 Å². The number of nitrogens with one attached hydrogen (secondary N) is 2. The fourth-order valence-corrected chi connectivity index (χ4v) is 3.55. The van der Waals surface area contributed by atoms with Crippen molar-refractivity contribution in [2.24, 2.45) is 5.92 Å². The van der Waals surface area contributed by atoms with Crippen LogP contribution in [0.25, 0.3) is 0 Å². The van der Waals surface area contributed by atoms with Gasteiger partial charge in [0.25, 0.3) is 0 Å². The number of esters is 1. The number of hydrogen-bond acceptors (Lipinski definition) is 4. The molecule has 0 radical (unpaired) electrons. The highest BCUT2D eigenvalue weighted by atomic mass is 19.1. The molecule has 1 fully saturated rings. The summed E-state index contributed by atoms with van der Waals surface area (Å²) in [5, 5.41) is 5.56. The monoisotopic (exact) mass is 427 g/mol. The van der Waals surface area contributed by atoms with Crippen molar-refractivity contribution in [2.45, 2.75) is 25.8 Å². The number of nitrogens with zero attached hydrogens (tertiary/aromatic N) is 1. The molecule has 0 saturated carbocycles. The first-order valence-corrected chi connectivity index (χ1v) is 10.2. The van der Waals surface area contributed by atoms with Gasteiger partial charge in [-0.25, -0.2) is 14.0 Å². The Morgan fingerprint density at radius 1 is 1.10 bits per heavy atom. The first-order chi connectivity index (χ1) is 15.0. The molecule has 8 heteroatoms. The number of likely N-dealkylation sites (tertiary alicyclic amines) is 1. The second kappa shape index (κ2) is 10.6. The normalized spacial score (nSPS) is 14.1. The van der Waals surface area contributed by atoms with Gasteiger partial charge >= 0.3 is 12.0 Å². The Morgan fingerprint density at radius 2 is 1.84 bits per heavy atom. The van der Waals surface area contributed by atoms with Crippen molar-refractivity contribution in [1.82, 2.24) is 10.2 Å². The molecule has 0 aromatic heterocycles. The lowest BCUT2D eigenvalue weighted by Crippen LogP contribution is -2.41.